The van der Waals surface area contributed by atoms with E-state index in [9.17, 15) is 65.3 Å². The van der Waals surface area contributed by atoms with Gasteiger partial charge in [-0.15, -0.1) is 0 Å². The normalized spacial score (nSPS) is 13.7. The summed E-state index contributed by atoms with van der Waals surface area (Å²) in [6.07, 6.45) is 21.7. The lowest BCUT2D eigenvalue weighted by Gasteiger charge is -2.19. The highest BCUT2D eigenvalue weighted by atomic mass is 32.2. The molecule has 0 saturated carbocycles. The van der Waals surface area contributed by atoms with Crippen molar-refractivity contribution in [1.82, 2.24) is 55.4 Å². The number of ether oxygens (including phenoxy) is 2. The molecule has 7 N–H and O–H groups in total. The SMILES string of the molecule is CC(=O)N(C)CCCC(C)C.CC(C)(C)CCCN(O)S(C)(=O)=O.CC(C)CCCN/C(=N/[N+](=O)[O-])N(C)C.CC(C)CCCN1C(=O)CC(C)C1=O.CC(C)CCCN1C(=O)CCC1=O.CCC(=O)NCCCC(C)(C)C.CN=C(NCCCC(C)C)NS(C)(=O)=O.CNC(=O)OCCCC(C)(C)C.COC(=O)NCCCC(C)(C)C. The van der Waals surface area contributed by atoms with E-state index in [1.54, 1.807) is 44.9 Å². The highest BCUT2D eigenvalue weighted by Gasteiger charge is 2.35. The number of carbonyl (C=O) groups excluding carboxylic acids is 8. The van der Waals surface area contributed by atoms with Gasteiger partial charge in [0, 0.05) is 126 Å². The number of hydrazone groups is 1. The fourth-order valence-corrected chi connectivity index (χ4v) is 10.9. The van der Waals surface area contributed by atoms with Gasteiger partial charge in [0.05, 0.1) is 26.2 Å². The van der Waals surface area contributed by atoms with Gasteiger partial charge in [-0.1, -0.05) is 171 Å². The molecule has 0 aromatic heterocycles. The van der Waals surface area contributed by atoms with Crippen LogP contribution >= 0.6 is 0 Å². The lowest BCUT2D eigenvalue weighted by Crippen LogP contribution is -2.40. The van der Waals surface area contributed by atoms with Crippen LogP contribution in [0.3, 0.4) is 0 Å². The number of rotatable bonds is 36. The number of methoxy groups -OCH3 is 1. The maximum atomic E-state index is 11.5. The van der Waals surface area contributed by atoms with Crippen LogP contribution in [0.5, 0.6) is 0 Å². The van der Waals surface area contributed by atoms with Gasteiger partial charge >= 0.3 is 12.2 Å². The van der Waals surface area contributed by atoms with Crippen molar-refractivity contribution in [3.63, 3.8) is 0 Å². The number of aliphatic imine (C=N–C) groups is 1. The maximum Gasteiger partial charge on any atom is 0.406 e. The minimum absolute atomic E-state index is 0.00579. The van der Waals surface area contributed by atoms with E-state index in [2.05, 4.69) is 198 Å². The zero-order chi connectivity index (χ0) is 92.7. The number of hydrogen-bond acceptors (Lipinski definition) is 18. The van der Waals surface area contributed by atoms with Crippen molar-refractivity contribution < 1.29 is 74.9 Å². The average Bonchev–Trinajstić information content (AvgIpc) is 1.65. The molecule has 694 valence electrons. The van der Waals surface area contributed by atoms with Crippen LogP contribution in [-0.4, -0.2) is 225 Å². The van der Waals surface area contributed by atoms with E-state index in [1.165, 1.54) is 23.3 Å². The van der Waals surface area contributed by atoms with Gasteiger partial charge < -0.3 is 45.9 Å². The van der Waals surface area contributed by atoms with E-state index in [1.807, 2.05) is 20.9 Å². The molecule has 2 aliphatic rings. The van der Waals surface area contributed by atoms with E-state index in [0.717, 1.165) is 141 Å². The standard InChI is InChI=1S/C11H19NO2.C10H17NO2.C10H21NO.C9H20N4O2.C9H21N3O2S.2C9H19NO2.C9H19NO.C8H19NO3S/c1-8(2)5-4-6-12-10(13)7-9(3)11(12)14;1-8(2)4-3-7-11-9(12)5-6-10(11)13;1-5-9(12)11-8-6-7-10(2,3)4;1-8(2)6-5-7-10-9(12(3)4)11-13(14)15;1-8(2)6-5-7-11-9(10-3)12-15(4,13)14;1-9(2,3)6-5-7-10-8(11)12-4;1-9(2,3)6-5-7-12-8(11)10-4;1-8(2)6-5-7-10(4)9(3)11;1-8(2,3)6-5-7-9(10)13(4,11)12/h8-9H,4-7H2,1-3H3;8H,3-7H2,1-2H3;5-8H2,1-4H3,(H,11,12);8H,5-7H2,1-4H3,(H,10,11);8H,5-7H2,1-4H3,(H2,10,11,12);2*5-7H2,1-4H3,(H,10,11);8H,5-7H2,1-4H3;10H,5-7H2,1-4H3. The molecule has 33 heteroatoms. The predicted octanol–water partition coefficient (Wildman–Crippen LogP) is 15.1. The van der Waals surface area contributed by atoms with Crippen molar-refractivity contribution in [1.29, 1.82) is 0 Å². The lowest BCUT2D eigenvalue weighted by atomic mass is 9.91. The Morgan fingerprint density at radius 3 is 1.32 bits per heavy atom. The number of amides is 8. The number of nitrogens with zero attached hydrogens (tertiary/aromatic N) is 8. The molecule has 2 aliphatic heterocycles. The van der Waals surface area contributed by atoms with Crippen molar-refractivity contribution in [2.75, 3.05) is 114 Å². The third-order valence-electron chi connectivity index (χ3n) is 16.8. The number of hydrogen-bond donors (Lipinski definition) is 7. The fraction of sp³-hybridized carbons (Fsp3) is 0.881. The van der Waals surface area contributed by atoms with Crippen molar-refractivity contribution in [3.8, 4) is 0 Å². The number of carbonyl (C=O) groups is 8. The molecule has 2 rings (SSSR count). The van der Waals surface area contributed by atoms with E-state index in [0.29, 0.717) is 121 Å². The van der Waals surface area contributed by atoms with Crippen LogP contribution in [-0.2, 0) is 58.3 Å². The van der Waals surface area contributed by atoms with Crippen LogP contribution in [0, 0.1) is 67.3 Å². The summed E-state index contributed by atoms with van der Waals surface area (Å²) < 4.78 is 55.3. The summed E-state index contributed by atoms with van der Waals surface area (Å²) in [5, 5.41) is 35.6. The number of likely N-dealkylation sites (tertiary alicyclic amines) is 2. The Labute approximate surface area is 711 Å². The third-order valence-corrected chi connectivity index (χ3v) is 18.3. The Morgan fingerprint density at radius 1 is 0.581 bits per heavy atom. The van der Waals surface area contributed by atoms with E-state index in [-0.39, 0.29) is 65.5 Å². The smallest absolute Gasteiger partial charge is 0.406 e. The molecule has 1 unspecified atom stereocenters. The summed E-state index contributed by atoms with van der Waals surface area (Å²) in [6.45, 7) is 58.7. The molecule has 2 heterocycles. The van der Waals surface area contributed by atoms with Gasteiger partial charge in [0.25, 0.3) is 5.96 Å². The zero-order valence-electron chi connectivity index (χ0n) is 79.8. The maximum absolute atomic E-state index is 11.5. The highest BCUT2D eigenvalue weighted by molar-refractivity contribution is 7.89. The van der Waals surface area contributed by atoms with Crippen molar-refractivity contribution in [3.05, 3.63) is 10.1 Å². The summed E-state index contributed by atoms with van der Waals surface area (Å²) in [6, 6.07) is 0. The minimum Gasteiger partial charge on any atom is -0.453 e. The average molecular weight is 1720 g/mol. The van der Waals surface area contributed by atoms with Crippen LogP contribution in [0.25, 0.3) is 0 Å². The number of alkyl carbamates (subject to hydrolysis) is 2. The van der Waals surface area contributed by atoms with Gasteiger partial charge in [0.15, 0.2) is 5.03 Å². The van der Waals surface area contributed by atoms with Gasteiger partial charge in [-0.25, -0.2) is 36.5 Å². The monoisotopic (exact) mass is 1720 g/mol. The molecule has 0 spiro atoms. The van der Waals surface area contributed by atoms with Crippen LogP contribution in [0.4, 0.5) is 9.59 Å². The van der Waals surface area contributed by atoms with Gasteiger partial charge in [0.1, 0.15) is 5.10 Å². The van der Waals surface area contributed by atoms with E-state index in [4.69, 9.17) is 9.94 Å². The van der Waals surface area contributed by atoms with Crippen LogP contribution in [0.15, 0.2) is 10.1 Å². The molecule has 0 radical (unpaired) electrons. The molecule has 8 amide bonds. The summed E-state index contributed by atoms with van der Waals surface area (Å²) in [4.78, 5) is 108. The number of sulfonamides is 2. The molecular weight excluding hydrogens is 1540 g/mol. The fourth-order valence-electron chi connectivity index (χ4n) is 9.89. The molecule has 0 aliphatic carbocycles. The van der Waals surface area contributed by atoms with E-state index < -0.39 is 25.1 Å². The highest BCUT2D eigenvalue weighted by Crippen LogP contribution is 2.24. The molecule has 0 aromatic rings. The number of guanidine groups is 2. The van der Waals surface area contributed by atoms with Crippen molar-refractivity contribution >= 4 is 79.6 Å². The molecular formula is C84H174N14O17S2. The molecule has 1 atom stereocenters. The Bertz CT molecular complexity index is 2880. The number of nitrogens with one attached hydrogen (secondary N) is 6. The van der Waals surface area contributed by atoms with Crippen LogP contribution < -0.4 is 31.3 Å². The number of nitro groups is 1. The predicted molar refractivity (Wildman–Crippen MR) is 478 cm³/mol. The Hall–Kier alpha value is -6.48. The first-order chi connectivity index (χ1) is 53.4. The quantitative estimate of drug-likeness (QED) is 0.00765. The van der Waals surface area contributed by atoms with E-state index >= 15 is 0 Å². The number of hydroxylamine groups is 1. The summed E-state index contributed by atoms with van der Waals surface area (Å²) in [7, 11) is 3.11. The van der Waals surface area contributed by atoms with Gasteiger partial charge in [0.2, 0.25) is 61.4 Å². The minimum atomic E-state index is -3.43. The lowest BCUT2D eigenvalue weighted by molar-refractivity contribution is -0.485. The summed E-state index contributed by atoms with van der Waals surface area (Å²) in [5.41, 5.74) is 1.24. The molecule has 2 saturated heterocycles. The first kappa shape index (κ1) is 124. The zero-order valence-corrected chi connectivity index (χ0v) is 81.4. The molecule has 0 aromatic carbocycles. The Kier molecular flexibility index (Phi) is 73.2. The van der Waals surface area contributed by atoms with Gasteiger partial charge in [-0.05, 0) is 167 Å². The number of imide groups is 2. The van der Waals surface area contributed by atoms with Crippen LogP contribution in [0.1, 0.15) is 314 Å². The molecule has 0 bridgehead atoms. The Balaban J connectivity index is -0.000000233. The largest absolute Gasteiger partial charge is 0.453 e. The van der Waals surface area contributed by atoms with Crippen molar-refractivity contribution in [2.24, 2.45) is 67.3 Å². The second-order valence-corrected chi connectivity index (χ2v) is 40.5. The second kappa shape index (κ2) is 69.2. The van der Waals surface area contributed by atoms with Gasteiger partial charge in [-0.2, -0.15) is 0 Å². The first-order valence-electron chi connectivity index (χ1n) is 42.3. The first-order valence-corrected chi connectivity index (χ1v) is 46.0. The topological polar surface area (TPSA) is 400 Å². The summed E-state index contributed by atoms with van der Waals surface area (Å²) >= 11 is 0. The van der Waals surface area contributed by atoms with Gasteiger partial charge in [-0.3, -0.25) is 53.5 Å². The summed E-state index contributed by atoms with van der Waals surface area (Å²) in [5.74, 6) is 4.21. The molecule has 31 nitrogen and oxygen atoms in total. The van der Waals surface area contributed by atoms with Crippen LogP contribution in [0.2, 0.25) is 0 Å². The van der Waals surface area contributed by atoms with Crippen molar-refractivity contribution in [2.45, 2.75) is 314 Å². The second-order valence-electron chi connectivity index (χ2n) is 36.9. The molecule has 2 fully saturated rings. The Morgan fingerprint density at radius 2 is 0.974 bits per heavy atom. The molecule has 117 heavy (non-hydrogen) atoms. The third kappa shape index (κ3) is 93.3.